The molecule has 1 saturated carbocycles. The Hall–Kier alpha value is -2.44. The molecule has 1 unspecified atom stereocenters. The Labute approximate surface area is 337 Å². The van der Waals surface area contributed by atoms with Gasteiger partial charge in [0.05, 0.1) is 25.4 Å². The first-order chi connectivity index (χ1) is 27.0. The Morgan fingerprint density at radius 2 is 1.43 bits per heavy atom. The summed E-state index contributed by atoms with van der Waals surface area (Å²) >= 11 is 0. The second kappa shape index (κ2) is 33.5. The van der Waals surface area contributed by atoms with Crippen LogP contribution in [0, 0.1) is 11.8 Å². The molecule has 6 atom stereocenters. The van der Waals surface area contributed by atoms with E-state index in [1.54, 1.807) is 12.2 Å². The highest BCUT2D eigenvalue weighted by atomic mass is 31.2. The summed E-state index contributed by atoms with van der Waals surface area (Å²) in [6.07, 6.45) is 30.5. The van der Waals surface area contributed by atoms with Gasteiger partial charge in [-0.05, 0) is 64.2 Å². The third-order valence-electron chi connectivity index (χ3n) is 9.58. The van der Waals surface area contributed by atoms with E-state index >= 15 is 0 Å². The van der Waals surface area contributed by atoms with Crippen LogP contribution >= 0.6 is 7.82 Å². The number of unbranched alkanes of at least 4 members (excludes halogenated alkanes) is 10. The normalized spacial score (nSPS) is 19.8. The first kappa shape index (κ1) is 51.6. The van der Waals surface area contributed by atoms with Crippen molar-refractivity contribution >= 4 is 25.5 Å². The molecule has 0 bridgehead atoms. The number of aliphatic hydroxyl groups excluding tert-OH is 2. The van der Waals surface area contributed by atoms with Crippen molar-refractivity contribution in [1.82, 2.24) is 0 Å². The number of aliphatic hydroxyl groups is 2. The molecule has 56 heavy (non-hydrogen) atoms. The number of carbonyl (C=O) groups excluding carboxylic acids is 3. The second-order valence-electron chi connectivity index (χ2n) is 14.6. The molecule has 1 aliphatic rings. The summed E-state index contributed by atoms with van der Waals surface area (Å²) in [5.74, 6) is -1.60. The van der Waals surface area contributed by atoms with Crippen molar-refractivity contribution in [2.24, 2.45) is 17.6 Å². The van der Waals surface area contributed by atoms with Gasteiger partial charge in [-0.3, -0.25) is 23.4 Å². The minimum absolute atomic E-state index is 0.00771. The number of rotatable bonds is 35. The van der Waals surface area contributed by atoms with Crippen LogP contribution in [0.2, 0.25) is 0 Å². The van der Waals surface area contributed by atoms with Crippen molar-refractivity contribution in [3.63, 3.8) is 0 Å². The van der Waals surface area contributed by atoms with Crippen molar-refractivity contribution in [3.05, 3.63) is 48.6 Å². The van der Waals surface area contributed by atoms with Crippen LogP contribution in [0.4, 0.5) is 0 Å². The highest BCUT2D eigenvalue weighted by Gasteiger charge is 2.39. The largest absolute Gasteiger partial charge is 0.472 e. The maximum absolute atomic E-state index is 12.7. The number of allylic oxidation sites excluding steroid dienone is 6. The highest BCUT2D eigenvalue weighted by Crippen LogP contribution is 2.43. The van der Waals surface area contributed by atoms with Crippen LogP contribution in [0.15, 0.2) is 48.6 Å². The third kappa shape index (κ3) is 27.2. The van der Waals surface area contributed by atoms with Crippen LogP contribution < -0.4 is 5.73 Å². The number of phosphoric acid groups is 1. The average molecular weight is 812 g/mol. The molecule has 0 aliphatic heterocycles. The molecule has 12 nitrogen and oxygen atoms in total. The van der Waals surface area contributed by atoms with Gasteiger partial charge in [-0.25, -0.2) is 4.57 Å². The number of nitrogens with two attached hydrogens (primary N) is 1. The molecule has 0 aromatic carbocycles. The van der Waals surface area contributed by atoms with Gasteiger partial charge in [0, 0.05) is 37.6 Å². The monoisotopic (exact) mass is 811 g/mol. The van der Waals surface area contributed by atoms with E-state index in [1.807, 2.05) is 0 Å². The van der Waals surface area contributed by atoms with Crippen molar-refractivity contribution in [2.75, 3.05) is 26.4 Å². The molecule has 0 spiro atoms. The Bertz CT molecular complexity index is 1220. The number of hydrogen-bond donors (Lipinski definition) is 4. The van der Waals surface area contributed by atoms with Crippen LogP contribution in [0.5, 0.6) is 0 Å². The van der Waals surface area contributed by atoms with Crippen molar-refractivity contribution in [3.8, 4) is 0 Å². The molecule has 0 heterocycles. The minimum Gasteiger partial charge on any atom is -0.462 e. The number of phosphoric ester groups is 1. The van der Waals surface area contributed by atoms with Gasteiger partial charge >= 0.3 is 19.8 Å². The van der Waals surface area contributed by atoms with Crippen molar-refractivity contribution < 1.29 is 52.6 Å². The number of ether oxygens (including phenoxy) is 2. The molecule has 0 saturated heterocycles. The lowest BCUT2D eigenvalue weighted by Gasteiger charge is -2.20. The van der Waals surface area contributed by atoms with E-state index in [4.69, 9.17) is 24.3 Å². The number of hydrogen-bond acceptors (Lipinski definition) is 11. The van der Waals surface area contributed by atoms with E-state index in [2.05, 4.69) is 50.3 Å². The van der Waals surface area contributed by atoms with Crippen LogP contribution in [-0.2, 0) is 37.5 Å². The second-order valence-corrected chi connectivity index (χ2v) is 16.1. The van der Waals surface area contributed by atoms with Gasteiger partial charge in [-0.1, -0.05) is 114 Å². The van der Waals surface area contributed by atoms with E-state index in [-0.39, 0.29) is 56.6 Å². The molecule has 1 fully saturated rings. The lowest BCUT2D eigenvalue weighted by molar-refractivity contribution is -0.161. The smallest absolute Gasteiger partial charge is 0.462 e. The van der Waals surface area contributed by atoms with E-state index in [1.165, 1.54) is 19.3 Å². The number of carbonyl (C=O) groups is 3. The van der Waals surface area contributed by atoms with E-state index in [0.717, 1.165) is 64.2 Å². The fourth-order valence-corrected chi connectivity index (χ4v) is 7.12. The summed E-state index contributed by atoms with van der Waals surface area (Å²) in [6, 6.07) is 0. The van der Waals surface area contributed by atoms with E-state index in [0.29, 0.717) is 32.1 Å². The van der Waals surface area contributed by atoms with Crippen LogP contribution in [0.3, 0.4) is 0 Å². The van der Waals surface area contributed by atoms with Gasteiger partial charge in [0.15, 0.2) is 6.10 Å². The predicted octanol–water partition coefficient (Wildman–Crippen LogP) is 8.53. The molecule has 0 aromatic heterocycles. The third-order valence-corrected chi connectivity index (χ3v) is 10.6. The zero-order valence-electron chi connectivity index (χ0n) is 34.3. The van der Waals surface area contributed by atoms with Crippen molar-refractivity contribution in [1.29, 1.82) is 0 Å². The standard InChI is InChI=1S/C43H74NO11P/c1-3-5-7-8-9-10-11-12-13-14-15-16-17-18-23-27-42(48)52-34-37(35-54-56(50,51)53-32-31-44)55-43(49)28-24-20-19-22-26-38-39(41(47)33-40(38)46)30-29-36(45)25-21-6-4-2/h9-10,12-13,15-16,29-30,36-39,41,45,47H,3-8,11,14,17-28,31-35,44H2,1-2H3,(H,50,51)/b10-9-,13-12-,16-15-,30-29+/t36-,37+,38+,39+,41+/m0/s1. The van der Waals surface area contributed by atoms with E-state index < -0.39 is 44.7 Å². The quantitative estimate of drug-likeness (QED) is 0.0207. The van der Waals surface area contributed by atoms with Gasteiger partial charge < -0.3 is 30.3 Å². The van der Waals surface area contributed by atoms with E-state index in [9.17, 15) is 34.1 Å². The topological polar surface area (TPSA) is 192 Å². The Balaban J connectivity index is 2.43. The van der Waals surface area contributed by atoms with Gasteiger partial charge in [-0.2, -0.15) is 0 Å². The SMILES string of the molecule is CCCCC/C=C\C/C=C\C/C=C\CCCCC(=O)OC[C@H](COP(=O)(O)OCCN)OC(=O)CCCCCC[C@H]1C(=O)C[C@@H](O)[C@@H]1/C=C/[C@@H](O)CCCCC. The lowest BCUT2D eigenvalue weighted by atomic mass is 9.88. The van der Waals surface area contributed by atoms with Crippen LogP contribution in [0.25, 0.3) is 0 Å². The summed E-state index contributed by atoms with van der Waals surface area (Å²) in [7, 11) is -4.45. The highest BCUT2D eigenvalue weighted by molar-refractivity contribution is 7.47. The first-order valence-corrected chi connectivity index (χ1v) is 22.7. The molecule has 13 heteroatoms. The first-order valence-electron chi connectivity index (χ1n) is 21.2. The molecule has 0 amide bonds. The number of esters is 2. The van der Waals surface area contributed by atoms with Crippen LogP contribution in [-0.4, -0.2) is 77.5 Å². The predicted molar refractivity (Wildman–Crippen MR) is 220 cm³/mol. The molecular weight excluding hydrogens is 737 g/mol. The summed E-state index contributed by atoms with van der Waals surface area (Å²) in [4.78, 5) is 47.6. The molecule has 1 aliphatic carbocycles. The molecular formula is C43H74NO11P. The summed E-state index contributed by atoms with van der Waals surface area (Å²) in [5, 5.41) is 20.7. The average Bonchev–Trinajstić information content (AvgIpc) is 3.44. The molecule has 0 aromatic rings. The molecule has 5 N–H and O–H groups in total. The van der Waals surface area contributed by atoms with Gasteiger partial charge in [0.1, 0.15) is 12.4 Å². The summed E-state index contributed by atoms with van der Waals surface area (Å²) in [6.45, 7) is 3.26. The molecule has 1 rings (SSSR count). The lowest BCUT2D eigenvalue weighted by Crippen LogP contribution is -2.29. The summed E-state index contributed by atoms with van der Waals surface area (Å²) < 4.78 is 32.7. The van der Waals surface area contributed by atoms with Gasteiger partial charge in [-0.15, -0.1) is 0 Å². The van der Waals surface area contributed by atoms with Crippen LogP contribution in [0.1, 0.15) is 149 Å². The molecule has 0 radical (unpaired) electrons. The number of Topliss-reactive ketones (excluding diaryl/α,β-unsaturated/α-hetero) is 1. The maximum Gasteiger partial charge on any atom is 0.472 e. The fourth-order valence-electron chi connectivity index (χ4n) is 6.36. The zero-order valence-corrected chi connectivity index (χ0v) is 35.2. The van der Waals surface area contributed by atoms with Crippen molar-refractivity contribution in [2.45, 2.75) is 167 Å². The zero-order chi connectivity index (χ0) is 41.3. The maximum atomic E-state index is 12.7. The Morgan fingerprint density at radius 3 is 2.11 bits per heavy atom. The minimum atomic E-state index is -4.45. The fraction of sp³-hybridized carbons (Fsp3) is 0.744. The summed E-state index contributed by atoms with van der Waals surface area (Å²) in [5.41, 5.74) is 5.33. The Kier molecular flexibility index (Phi) is 30.9. The molecule has 322 valence electrons. The van der Waals surface area contributed by atoms with Gasteiger partial charge in [0.25, 0.3) is 0 Å². The number of ketones is 1. The Morgan fingerprint density at radius 1 is 0.821 bits per heavy atom. The van der Waals surface area contributed by atoms with Gasteiger partial charge in [0.2, 0.25) is 0 Å².